The summed E-state index contributed by atoms with van der Waals surface area (Å²) in [5.74, 6) is -2.54. The molecule has 6 heteroatoms. The van der Waals surface area contributed by atoms with Crippen LogP contribution in [0.1, 0.15) is 55.8 Å². The number of ether oxygens (including phenoxy) is 1. The molecule has 0 aromatic heterocycles. The zero-order valence-corrected chi connectivity index (χ0v) is 16.2. The molecular formula is C22H30O6. The van der Waals surface area contributed by atoms with E-state index in [1.165, 1.54) is 0 Å². The maximum atomic E-state index is 12.4. The normalized spacial score (nSPS) is 25.7. The lowest BCUT2D eigenvalue weighted by molar-refractivity contribution is -0.139. The first-order valence-electron chi connectivity index (χ1n) is 9.94. The Hall–Kier alpha value is -2.18. The van der Waals surface area contributed by atoms with Gasteiger partial charge in [-0.15, -0.1) is 0 Å². The quantitative estimate of drug-likeness (QED) is 0.322. The number of hydrogen-bond donors (Lipinski definition) is 3. The van der Waals surface area contributed by atoms with E-state index in [1.807, 2.05) is 0 Å². The first kappa shape index (κ1) is 22.1. The highest BCUT2D eigenvalue weighted by Gasteiger charge is 2.44. The number of carboxylic acids is 1. The SMILES string of the molecule is CCCCCC(O)C=C[C@H]1[C@H](CC(=O)O)[C@H](O)C[C@H]1OC(=O)c1ccccc1. The smallest absolute Gasteiger partial charge is 0.338 e. The topological polar surface area (TPSA) is 104 Å². The highest BCUT2D eigenvalue weighted by atomic mass is 16.5. The molecule has 0 aliphatic heterocycles. The van der Waals surface area contributed by atoms with Gasteiger partial charge in [-0.05, 0) is 18.6 Å². The van der Waals surface area contributed by atoms with E-state index >= 15 is 0 Å². The van der Waals surface area contributed by atoms with E-state index in [0.717, 1.165) is 19.3 Å². The molecule has 1 aromatic carbocycles. The van der Waals surface area contributed by atoms with Crippen LogP contribution in [0.3, 0.4) is 0 Å². The van der Waals surface area contributed by atoms with Crippen LogP contribution in [0.15, 0.2) is 42.5 Å². The van der Waals surface area contributed by atoms with Gasteiger partial charge in [0.15, 0.2) is 0 Å². The summed E-state index contributed by atoms with van der Waals surface area (Å²) in [5.41, 5.74) is 0.404. The highest BCUT2D eigenvalue weighted by molar-refractivity contribution is 5.89. The van der Waals surface area contributed by atoms with Crippen LogP contribution in [0.4, 0.5) is 0 Å². The van der Waals surface area contributed by atoms with Crippen LogP contribution in [-0.2, 0) is 9.53 Å². The molecule has 1 aromatic rings. The van der Waals surface area contributed by atoms with Gasteiger partial charge in [-0.2, -0.15) is 0 Å². The Morgan fingerprint density at radius 3 is 2.61 bits per heavy atom. The molecule has 0 spiro atoms. The molecule has 0 amide bonds. The molecule has 1 unspecified atom stereocenters. The third-order valence-electron chi connectivity index (χ3n) is 5.23. The second-order valence-electron chi connectivity index (χ2n) is 7.40. The van der Waals surface area contributed by atoms with Gasteiger partial charge in [0.2, 0.25) is 0 Å². The maximum absolute atomic E-state index is 12.4. The molecule has 3 N–H and O–H groups in total. The van der Waals surface area contributed by atoms with E-state index in [-0.39, 0.29) is 12.8 Å². The van der Waals surface area contributed by atoms with Crippen LogP contribution in [0.25, 0.3) is 0 Å². The number of rotatable bonds is 10. The number of benzene rings is 1. The summed E-state index contributed by atoms with van der Waals surface area (Å²) < 4.78 is 5.60. The van der Waals surface area contributed by atoms with Crippen LogP contribution in [0.2, 0.25) is 0 Å². The molecule has 1 aliphatic carbocycles. The molecule has 6 nitrogen and oxygen atoms in total. The van der Waals surface area contributed by atoms with Crippen LogP contribution in [0.5, 0.6) is 0 Å². The summed E-state index contributed by atoms with van der Waals surface area (Å²) in [6.45, 7) is 2.09. The molecule has 0 saturated heterocycles. The number of aliphatic carboxylic acids is 1. The van der Waals surface area contributed by atoms with E-state index in [2.05, 4.69) is 6.92 Å². The Labute approximate surface area is 165 Å². The average molecular weight is 390 g/mol. The summed E-state index contributed by atoms with van der Waals surface area (Å²) in [6, 6.07) is 8.55. The molecular weight excluding hydrogens is 360 g/mol. The van der Waals surface area contributed by atoms with Crippen LogP contribution in [-0.4, -0.2) is 45.6 Å². The van der Waals surface area contributed by atoms with Gasteiger partial charge in [-0.1, -0.05) is 56.5 Å². The lowest BCUT2D eigenvalue weighted by Crippen LogP contribution is -2.26. The van der Waals surface area contributed by atoms with Gasteiger partial charge in [0.05, 0.1) is 24.2 Å². The fourth-order valence-electron chi connectivity index (χ4n) is 3.71. The van der Waals surface area contributed by atoms with Crippen molar-refractivity contribution in [2.45, 2.75) is 63.8 Å². The third kappa shape index (κ3) is 6.46. The number of hydrogen-bond acceptors (Lipinski definition) is 5. The van der Waals surface area contributed by atoms with Crippen molar-refractivity contribution < 1.29 is 29.6 Å². The minimum absolute atomic E-state index is 0.178. The Morgan fingerprint density at radius 1 is 1.25 bits per heavy atom. The number of carbonyl (C=O) groups is 2. The van der Waals surface area contributed by atoms with Crippen molar-refractivity contribution >= 4 is 11.9 Å². The van der Waals surface area contributed by atoms with Crippen LogP contribution in [0, 0.1) is 11.8 Å². The summed E-state index contributed by atoms with van der Waals surface area (Å²) in [4.78, 5) is 23.6. The number of carboxylic acid groups (broad SMARTS) is 1. The lowest BCUT2D eigenvalue weighted by Gasteiger charge is -2.22. The van der Waals surface area contributed by atoms with E-state index in [4.69, 9.17) is 4.74 Å². The number of carbonyl (C=O) groups excluding carboxylic acids is 1. The Morgan fingerprint density at radius 2 is 1.96 bits per heavy atom. The van der Waals surface area contributed by atoms with Crippen LogP contribution < -0.4 is 0 Å². The molecule has 0 heterocycles. The summed E-state index contributed by atoms with van der Waals surface area (Å²) in [7, 11) is 0. The number of aliphatic hydroxyl groups is 2. The first-order valence-corrected chi connectivity index (χ1v) is 9.94. The van der Waals surface area contributed by atoms with Gasteiger partial charge in [0.1, 0.15) is 6.10 Å². The Balaban J connectivity index is 2.10. The Kier molecular flexibility index (Phi) is 8.67. The van der Waals surface area contributed by atoms with E-state index in [1.54, 1.807) is 42.5 Å². The molecule has 0 bridgehead atoms. The molecule has 5 atom stereocenters. The van der Waals surface area contributed by atoms with Crippen molar-refractivity contribution in [3.05, 3.63) is 48.0 Å². The predicted molar refractivity (Wildman–Crippen MR) is 105 cm³/mol. The first-order chi connectivity index (χ1) is 13.4. The van der Waals surface area contributed by atoms with Crippen molar-refractivity contribution in [1.82, 2.24) is 0 Å². The second-order valence-corrected chi connectivity index (χ2v) is 7.40. The van der Waals surface area contributed by atoms with E-state index in [0.29, 0.717) is 12.0 Å². The summed E-state index contributed by atoms with van der Waals surface area (Å²) in [5, 5.41) is 29.7. The minimum atomic E-state index is -1.01. The number of esters is 1. The fourth-order valence-corrected chi connectivity index (χ4v) is 3.71. The molecule has 1 aliphatic rings. The fraction of sp³-hybridized carbons (Fsp3) is 0.545. The number of aliphatic hydroxyl groups excluding tert-OH is 2. The predicted octanol–water partition coefficient (Wildman–Crippen LogP) is 3.18. The summed E-state index contributed by atoms with van der Waals surface area (Å²) in [6.07, 6.45) is 4.77. The van der Waals surface area contributed by atoms with Gasteiger partial charge in [0.25, 0.3) is 0 Å². The lowest BCUT2D eigenvalue weighted by atomic mass is 9.89. The molecule has 1 saturated carbocycles. The third-order valence-corrected chi connectivity index (χ3v) is 5.23. The Bertz CT molecular complexity index is 656. The summed E-state index contributed by atoms with van der Waals surface area (Å²) >= 11 is 0. The molecule has 2 rings (SSSR count). The molecule has 1 fully saturated rings. The number of unbranched alkanes of at least 4 members (excludes halogenated alkanes) is 2. The molecule has 28 heavy (non-hydrogen) atoms. The van der Waals surface area contributed by atoms with Crippen molar-refractivity contribution in [1.29, 1.82) is 0 Å². The average Bonchev–Trinajstić information content (AvgIpc) is 2.95. The van der Waals surface area contributed by atoms with E-state index in [9.17, 15) is 24.9 Å². The van der Waals surface area contributed by atoms with Gasteiger partial charge < -0.3 is 20.1 Å². The zero-order valence-electron chi connectivity index (χ0n) is 16.2. The van der Waals surface area contributed by atoms with Gasteiger partial charge >= 0.3 is 11.9 Å². The van der Waals surface area contributed by atoms with E-state index < -0.39 is 42.1 Å². The van der Waals surface area contributed by atoms with Gasteiger partial charge in [-0.3, -0.25) is 4.79 Å². The van der Waals surface area contributed by atoms with Gasteiger partial charge in [-0.25, -0.2) is 4.79 Å². The molecule has 154 valence electrons. The minimum Gasteiger partial charge on any atom is -0.481 e. The van der Waals surface area contributed by atoms with Crippen molar-refractivity contribution in [2.24, 2.45) is 11.8 Å². The highest BCUT2D eigenvalue weighted by Crippen LogP contribution is 2.38. The van der Waals surface area contributed by atoms with Crippen LogP contribution >= 0.6 is 0 Å². The zero-order chi connectivity index (χ0) is 20.5. The maximum Gasteiger partial charge on any atom is 0.338 e. The van der Waals surface area contributed by atoms with Crippen molar-refractivity contribution in [3.63, 3.8) is 0 Å². The van der Waals surface area contributed by atoms with Crippen molar-refractivity contribution in [3.8, 4) is 0 Å². The standard InChI is InChI=1S/C22H30O6/c1-2-3-5-10-16(23)11-12-17-18(13-21(25)26)19(24)14-20(17)28-22(27)15-8-6-4-7-9-15/h4,6-9,11-12,16-20,23-24H,2-3,5,10,13-14H2,1H3,(H,25,26)/t16?,17-,18-,19+,20+/m0/s1. The monoisotopic (exact) mass is 390 g/mol. The molecule has 0 radical (unpaired) electrons. The second kappa shape index (κ2) is 11.0. The largest absolute Gasteiger partial charge is 0.481 e. The van der Waals surface area contributed by atoms with Gasteiger partial charge in [0, 0.05) is 18.3 Å². The van der Waals surface area contributed by atoms with Crippen molar-refractivity contribution in [2.75, 3.05) is 0 Å².